The smallest absolute Gasteiger partial charge is 0.270 e. The zero-order chi connectivity index (χ0) is 34.1. The number of anilines is 2. The van der Waals surface area contributed by atoms with Crippen LogP contribution in [-0.4, -0.2) is 35.8 Å². The monoisotopic (exact) mass is 640 g/mol. The van der Waals surface area contributed by atoms with Crippen LogP contribution in [0.1, 0.15) is 79.1 Å². The Labute approximate surface area is 276 Å². The first-order chi connectivity index (χ1) is 22.4. The first-order valence-corrected chi connectivity index (χ1v) is 15.9. The molecule has 0 bridgehead atoms. The Kier molecular flexibility index (Phi) is 11.8. The first kappa shape index (κ1) is 35.1. The van der Waals surface area contributed by atoms with E-state index < -0.39 is 17.6 Å². The summed E-state index contributed by atoms with van der Waals surface area (Å²) in [6.07, 6.45) is 2.46. The van der Waals surface area contributed by atoms with Crippen LogP contribution in [0.2, 0.25) is 0 Å². The van der Waals surface area contributed by atoms with E-state index in [2.05, 4.69) is 43.4 Å². The summed E-state index contributed by atoms with van der Waals surface area (Å²) in [6.45, 7) is 10.2. The van der Waals surface area contributed by atoms with E-state index in [9.17, 15) is 13.6 Å². The number of hydrogen-bond donors (Lipinski definition) is 2. The molecule has 4 aromatic rings. The Morgan fingerprint density at radius 3 is 2.23 bits per heavy atom. The van der Waals surface area contributed by atoms with Gasteiger partial charge in [0.15, 0.2) is 0 Å². The number of nitrogens with zero attached hydrogens (tertiary/aromatic N) is 2. The van der Waals surface area contributed by atoms with E-state index in [-0.39, 0.29) is 28.3 Å². The molecule has 1 saturated heterocycles. The highest BCUT2D eigenvalue weighted by Gasteiger charge is 2.28. The van der Waals surface area contributed by atoms with Gasteiger partial charge in [-0.05, 0) is 74.1 Å². The molecule has 0 radical (unpaired) electrons. The summed E-state index contributed by atoms with van der Waals surface area (Å²) in [4.78, 5) is 19.6. The molecule has 0 saturated carbocycles. The lowest BCUT2D eigenvalue weighted by molar-refractivity contribution is 0.0175. The van der Waals surface area contributed by atoms with Crippen LogP contribution in [0, 0.1) is 24.1 Å². The number of aliphatic imine (C=N–C) groups is 1. The maximum atomic E-state index is 15.1. The van der Waals surface area contributed by atoms with Gasteiger partial charge in [-0.25, -0.2) is 13.2 Å². The SMILES string of the molecule is CC(=Nc1ccccc1C)C1CCN(C(=O)c2cc(C=N)c(Nc3cccc(C(C)(F)F)c3)cc2F)CC1.CC(C)c1ccccc1. The summed E-state index contributed by atoms with van der Waals surface area (Å²) in [5.41, 5.74) is 4.99. The molecule has 0 atom stereocenters. The second-order valence-corrected chi connectivity index (χ2v) is 12.3. The molecule has 1 aliphatic heterocycles. The van der Waals surface area contributed by atoms with Crippen molar-refractivity contribution in [1.82, 2.24) is 4.90 Å². The standard InChI is InChI=1S/C30H31F3N4O.C9H12/c1-19-7-4-5-10-27(19)35-20(2)21-11-13-37(14-12-21)29(38)25-15-22(18-34)28(17-26(25)31)36-24-9-6-8-23(16-24)30(3,32)33;1-8(2)9-6-4-3-5-7-9/h4-10,15-18,21,34,36H,11-14H2,1-3H3;3-8H,1-2H3. The molecule has 5 rings (SSSR count). The highest BCUT2D eigenvalue weighted by atomic mass is 19.3. The van der Waals surface area contributed by atoms with Gasteiger partial charge in [0.2, 0.25) is 0 Å². The molecule has 246 valence electrons. The van der Waals surface area contributed by atoms with Crippen LogP contribution in [0.25, 0.3) is 0 Å². The number of carbonyl (C=O) groups excluding carboxylic acids is 1. The number of hydrogen-bond acceptors (Lipinski definition) is 4. The van der Waals surface area contributed by atoms with Crippen molar-refractivity contribution >= 4 is 34.9 Å². The van der Waals surface area contributed by atoms with Gasteiger partial charge in [0, 0.05) is 54.7 Å². The zero-order valence-corrected chi connectivity index (χ0v) is 27.7. The third-order valence-electron chi connectivity index (χ3n) is 8.43. The highest BCUT2D eigenvalue weighted by Crippen LogP contribution is 2.31. The van der Waals surface area contributed by atoms with Crippen molar-refractivity contribution in [1.29, 1.82) is 5.41 Å². The number of nitrogens with one attached hydrogen (secondary N) is 2. The quantitative estimate of drug-likeness (QED) is 0.188. The molecule has 8 heteroatoms. The van der Waals surface area contributed by atoms with Gasteiger partial charge in [-0.2, -0.15) is 0 Å². The van der Waals surface area contributed by atoms with Crippen molar-refractivity contribution in [3.8, 4) is 0 Å². The average Bonchev–Trinajstić information content (AvgIpc) is 3.06. The number of aryl methyl sites for hydroxylation is 1. The fourth-order valence-electron chi connectivity index (χ4n) is 5.49. The molecule has 1 heterocycles. The second-order valence-electron chi connectivity index (χ2n) is 12.3. The molecule has 1 fully saturated rings. The van der Waals surface area contributed by atoms with Gasteiger partial charge < -0.3 is 15.6 Å². The van der Waals surface area contributed by atoms with Crippen molar-refractivity contribution in [2.45, 2.75) is 59.3 Å². The van der Waals surface area contributed by atoms with Gasteiger partial charge in [0.05, 0.1) is 16.9 Å². The summed E-state index contributed by atoms with van der Waals surface area (Å²) in [5.74, 6) is -3.30. The fourth-order valence-corrected chi connectivity index (χ4v) is 5.49. The summed E-state index contributed by atoms with van der Waals surface area (Å²) in [7, 11) is 0. The van der Waals surface area contributed by atoms with Crippen LogP contribution in [0.15, 0.2) is 96.0 Å². The topological polar surface area (TPSA) is 68.5 Å². The molecule has 0 aliphatic carbocycles. The Morgan fingerprint density at radius 2 is 1.64 bits per heavy atom. The molecule has 0 unspecified atom stereocenters. The van der Waals surface area contributed by atoms with Crippen LogP contribution in [0.5, 0.6) is 0 Å². The van der Waals surface area contributed by atoms with E-state index >= 15 is 4.39 Å². The Bertz CT molecular complexity index is 1710. The van der Waals surface area contributed by atoms with Gasteiger partial charge in [0.25, 0.3) is 11.8 Å². The summed E-state index contributed by atoms with van der Waals surface area (Å²) >= 11 is 0. The minimum atomic E-state index is -3.03. The summed E-state index contributed by atoms with van der Waals surface area (Å²) < 4.78 is 42.5. The number of benzene rings is 4. The Morgan fingerprint density at radius 1 is 0.979 bits per heavy atom. The second kappa shape index (κ2) is 15.7. The Balaban J connectivity index is 0.000000479. The van der Waals surface area contributed by atoms with Gasteiger partial charge in [-0.15, -0.1) is 0 Å². The molecule has 0 spiro atoms. The molecule has 2 N–H and O–H groups in total. The number of carbonyl (C=O) groups is 1. The van der Waals surface area contributed by atoms with Crippen LogP contribution in [0.3, 0.4) is 0 Å². The van der Waals surface area contributed by atoms with Gasteiger partial charge >= 0.3 is 0 Å². The van der Waals surface area contributed by atoms with Gasteiger partial charge in [-0.1, -0.05) is 74.5 Å². The summed E-state index contributed by atoms with van der Waals surface area (Å²) in [6, 6.07) is 26.6. The van der Waals surface area contributed by atoms with Crippen LogP contribution < -0.4 is 5.32 Å². The van der Waals surface area contributed by atoms with Crippen molar-refractivity contribution in [3.63, 3.8) is 0 Å². The van der Waals surface area contributed by atoms with Crippen molar-refractivity contribution in [3.05, 3.63) is 125 Å². The number of halogens is 3. The lowest BCUT2D eigenvalue weighted by atomic mass is 9.92. The number of amides is 1. The summed E-state index contributed by atoms with van der Waals surface area (Å²) in [5, 5.41) is 10.7. The van der Waals surface area contributed by atoms with Crippen LogP contribution in [-0.2, 0) is 5.92 Å². The first-order valence-electron chi connectivity index (χ1n) is 15.9. The third-order valence-corrected chi connectivity index (χ3v) is 8.43. The highest BCUT2D eigenvalue weighted by molar-refractivity contribution is 5.99. The van der Waals surface area contributed by atoms with Crippen molar-refractivity contribution in [2.24, 2.45) is 10.9 Å². The van der Waals surface area contributed by atoms with E-state index in [0.717, 1.165) is 49.0 Å². The van der Waals surface area contributed by atoms with Gasteiger partial charge in [-0.3, -0.25) is 9.79 Å². The van der Waals surface area contributed by atoms with Crippen molar-refractivity contribution in [2.75, 3.05) is 18.4 Å². The van der Waals surface area contributed by atoms with Crippen LogP contribution >= 0.6 is 0 Å². The molecular formula is C39H43F3N4O. The van der Waals surface area contributed by atoms with E-state index in [1.165, 1.54) is 29.8 Å². The lowest BCUT2D eigenvalue weighted by Gasteiger charge is -2.32. The minimum Gasteiger partial charge on any atom is -0.355 e. The fraction of sp³-hybridized carbons (Fsp3) is 0.308. The van der Waals surface area contributed by atoms with E-state index in [1.807, 2.05) is 44.2 Å². The predicted molar refractivity (Wildman–Crippen MR) is 187 cm³/mol. The molecule has 5 nitrogen and oxygen atoms in total. The number of likely N-dealkylation sites (tertiary alicyclic amines) is 1. The number of para-hydroxylation sites is 1. The molecule has 4 aromatic carbocycles. The molecule has 1 amide bonds. The molecule has 0 aromatic heterocycles. The maximum Gasteiger partial charge on any atom is 0.270 e. The minimum absolute atomic E-state index is 0.119. The molecule has 1 aliphatic rings. The van der Waals surface area contributed by atoms with Crippen molar-refractivity contribution < 1.29 is 18.0 Å². The maximum absolute atomic E-state index is 15.1. The van der Waals surface area contributed by atoms with E-state index in [4.69, 9.17) is 10.4 Å². The van der Waals surface area contributed by atoms with E-state index in [1.54, 1.807) is 11.0 Å². The lowest BCUT2D eigenvalue weighted by Crippen LogP contribution is -2.40. The molecule has 47 heavy (non-hydrogen) atoms. The zero-order valence-electron chi connectivity index (χ0n) is 27.7. The molecular weight excluding hydrogens is 597 g/mol. The van der Waals surface area contributed by atoms with E-state index in [0.29, 0.717) is 24.7 Å². The Hall–Kier alpha value is -4.72. The number of piperidine rings is 1. The average molecular weight is 641 g/mol. The third kappa shape index (κ3) is 9.41. The normalized spacial score (nSPS) is 14.0. The number of alkyl halides is 2. The largest absolute Gasteiger partial charge is 0.355 e. The van der Waals surface area contributed by atoms with Gasteiger partial charge in [0.1, 0.15) is 5.82 Å². The van der Waals surface area contributed by atoms with Crippen LogP contribution in [0.4, 0.5) is 30.2 Å². The predicted octanol–water partition coefficient (Wildman–Crippen LogP) is 10.4. The number of rotatable bonds is 8.